The maximum atomic E-state index is 12.1. The summed E-state index contributed by atoms with van der Waals surface area (Å²) < 4.78 is 0. The van der Waals surface area contributed by atoms with E-state index < -0.39 is 23.5 Å². The van der Waals surface area contributed by atoms with Gasteiger partial charge in [0, 0.05) is 22.7 Å². The van der Waals surface area contributed by atoms with Crippen LogP contribution in [0.2, 0.25) is 0 Å². The van der Waals surface area contributed by atoms with Crippen LogP contribution in [0.25, 0.3) is 10.9 Å². The highest BCUT2D eigenvalue weighted by molar-refractivity contribution is 6.25. The van der Waals surface area contributed by atoms with Crippen LogP contribution in [0.15, 0.2) is 30.5 Å². The first-order valence-electron chi connectivity index (χ1n) is 5.21. The Bertz CT molecular complexity index is 631. The summed E-state index contributed by atoms with van der Waals surface area (Å²) in [6.45, 7) is 0. The van der Waals surface area contributed by atoms with Gasteiger partial charge in [-0.05, 0) is 6.07 Å². The molecule has 2 amide bonds. The Morgan fingerprint density at radius 3 is 2.28 bits per heavy atom. The molecule has 18 heavy (non-hydrogen) atoms. The molecule has 0 aliphatic rings. The molecule has 0 aliphatic heterocycles. The summed E-state index contributed by atoms with van der Waals surface area (Å²) in [6, 6.07) is 7.02. The molecule has 2 rings (SSSR count). The average molecular weight is 245 g/mol. The van der Waals surface area contributed by atoms with E-state index in [-0.39, 0.29) is 5.56 Å². The Kier molecular flexibility index (Phi) is 2.85. The molecule has 0 spiro atoms. The van der Waals surface area contributed by atoms with Gasteiger partial charge in [0.25, 0.3) is 0 Å². The van der Waals surface area contributed by atoms with Crippen LogP contribution >= 0.6 is 0 Å². The highest BCUT2D eigenvalue weighted by Gasteiger charge is 2.32. The summed E-state index contributed by atoms with van der Waals surface area (Å²) in [5, 5.41) is 0.620. The third kappa shape index (κ3) is 1.84. The number of nitrogens with two attached hydrogens (primary N) is 2. The van der Waals surface area contributed by atoms with Gasteiger partial charge in [0.2, 0.25) is 11.8 Å². The molecule has 0 unspecified atom stereocenters. The summed E-state index contributed by atoms with van der Waals surface area (Å²) in [5.74, 6) is -4.41. The summed E-state index contributed by atoms with van der Waals surface area (Å²) in [5.41, 5.74) is 11.0. The lowest BCUT2D eigenvalue weighted by molar-refractivity contribution is -0.129. The molecule has 0 saturated heterocycles. The van der Waals surface area contributed by atoms with E-state index in [0.717, 1.165) is 5.52 Å². The van der Waals surface area contributed by atoms with Crippen molar-refractivity contribution in [3.63, 3.8) is 0 Å². The number of carbonyl (C=O) groups excluding carboxylic acids is 3. The van der Waals surface area contributed by atoms with E-state index in [1.165, 1.54) is 6.20 Å². The van der Waals surface area contributed by atoms with Gasteiger partial charge in [-0.2, -0.15) is 0 Å². The van der Waals surface area contributed by atoms with E-state index in [1.807, 2.05) is 0 Å². The molecule has 0 bridgehead atoms. The van der Waals surface area contributed by atoms with Crippen LogP contribution in [0.1, 0.15) is 10.4 Å². The van der Waals surface area contributed by atoms with Gasteiger partial charge >= 0.3 is 0 Å². The number of para-hydroxylation sites is 1. The molecule has 0 fully saturated rings. The zero-order valence-electron chi connectivity index (χ0n) is 9.34. The lowest BCUT2D eigenvalue weighted by atomic mass is 9.96. The van der Waals surface area contributed by atoms with Crippen LogP contribution in [-0.4, -0.2) is 22.6 Å². The van der Waals surface area contributed by atoms with Gasteiger partial charge in [0.1, 0.15) is 0 Å². The minimum absolute atomic E-state index is 0.230. The number of hydrogen-bond acceptors (Lipinski definition) is 3. The van der Waals surface area contributed by atoms with Gasteiger partial charge in [0.05, 0.1) is 0 Å². The van der Waals surface area contributed by atoms with Crippen molar-refractivity contribution < 1.29 is 14.4 Å². The van der Waals surface area contributed by atoms with Crippen LogP contribution in [0.5, 0.6) is 0 Å². The van der Waals surface area contributed by atoms with E-state index in [9.17, 15) is 14.4 Å². The topological polar surface area (TPSA) is 119 Å². The second-order valence-corrected chi connectivity index (χ2v) is 3.85. The van der Waals surface area contributed by atoms with Gasteiger partial charge in [-0.3, -0.25) is 14.4 Å². The monoisotopic (exact) mass is 245 g/mol. The Morgan fingerprint density at radius 2 is 1.67 bits per heavy atom. The Labute approximate surface area is 102 Å². The van der Waals surface area contributed by atoms with Gasteiger partial charge in [0.15, 0.2) is 11.7 Å². The van der Waals surface area contributed by atoms with Crippen LogP contribution < -0.4 is 11.5 Å². The third-order valence-electron chi connectivity index (χ3n) is 2.69. The van der Waals surface area contributed by atoms with Crippen molar-refractivity contribution in [1.29, 1.82) is 0 Å². The Morgan fingerprint density at radius 1 is 1.06 bits per heavy atom. The Hall–Kier alpha value is -2.63. The molecule has 1 aromatic carbocycles. The number of rotatable bonds is 4. The first kappa shape index (κ1) is 11.8. The molecule has 0 aliphatic carbocycles. The van der Waals surface area contributed by atoms with E-state index in [2.05, 4.69) is 4.98 Å². The molecule has 0 saturated carbocycles. The number of carbonyl (C=O) groups is 3. The molecule has 1 heterocycles. The maximum absolute atomic E-state index is 12.1. The fourth-order valence-electron chi connectivity index (χ4n) is 1.83. The fraction of sp³-hybridized carbons (Fsp3) is 0.0833. The maximum Gasteiger partial charge on any atom is 0.237 e. The molecular formula is C12H11N3O3. The number of primary amides is 2. The molecule has 5 N–H and O–H groups in total. The molecule has 6 heteroatoms. The van der Waals surface area contributed by atoms with Crippen LogP contribution in [0.4, 0.5) is 0 Å². The van der Waals surface area contributed by atoms with E-state index in [0.29, 0.717) is 5.39 Å². The van der Waals surface area contributed by atoms with Crippen molar-refractivity contribution in [3.05, 3.63) is 36.0 Å². The predicted octanol–water partition coefficient (Wildman–Crippen LogP) is -0.0626. The van der Waals surface area contributed by atoms with Crippen molar-refractivity contribution in [3.8, 4) is 0 Å². The number of fused-ring (bicyclic) bond motifs is 1. The number of H-pyrrole nitrogens is 1. The molecule has 0 radical (unpaired) electrons. The van der Waals surface area contributed by atoms with Crippen molar-refractivity contribution in [2.45, 2.75) is 0 Å². The third-order valence-corrected chi connectivity index (χ3v) is 2.69. The molecule has 2 aromatic rings. The van der Waals surface area contributed by atoms with Crippen molar-refractivity contribution in [2.24, 2.45) is 17.4 Å². The van der Waals surface area contributed by atoms with E-state index in [4.69, 9.17) is 11.5 Å². The number of nitrogens with one attached hydrogen (secondary N) is 1. The number of benzene rings is 1. The number of ketones is 1. The number of aromatic nitrogens is 1. The normalized spacial score (nSPS) is 10.7. The second-order valence-electron chi connectivity index (χ2n) is 3.85. The van der Waals surface area contributed by atoms with Crippen molar-refractivity contribution >= 4 is 28.5 Å². The largest absolute Gasteiger partial charge is 0.369 e. The van der Waals surface area contributed by atoms with Crippen molar-refractivity contribution in [1.82, 2.24) is 4.98 Å². The molecule has 0 atom stereocenters. The standard InChI is InChI=1S/C12H11N3O3/c13-11(17)9(12(14)18)10(16)7-5-15-8-4-2-1-3-6(7)8/h1-5,9,15H,(H2,13,17)(H2,14,18). The van der Waals surface area contributed by atoms with E-state index >= 15 is 0 Å². The minimum Gasteiger partial charge on any atom is -0.369 e. The zero-order chi connectivity index (χ0) is 13.3. The average Bonchev–Trinajstić information content (AvgIpc) is 2.71. The highest BCUT2D eigenvalue weighted by atomic mass is 16.2. The van der Waals surface area contributed by atoms with Gasteiger partial charge in [-0.1, -0.05) is 18.2 Å². The SMILES string of the molecule is NC(=O)C(C(N)=O)C(=O)c1c[nH]c2ccccc12. The molecule has 6 nitrogen and oxygen atoms in total. The molecule has 92 valence electrons. The van der Waals surface area contributed by atoms with Crippen LogP contribution in [0.3, 0.4) is 0 Å². The first-order chi connectivity index (χ1) is 8.52. The number of aromatic amines is 1. The number of hydrogen-bond donors (Lipinski definition) is 3. The highest BCUT2D eigenvalue weighted by Crippen LogP contribution is 2.20. The lowest BCUT2D eigenvalue weighted by Crippen LogP contribution is -2.40. The van der Waals surface area contributed by atoms with E-state index in [1.54, 1.807) is 24.3 Å². The smallest absolute Gasteiger partial charge is 0.237 e. The minimum atomic E-state index is -1.63. The fourth-order valence-corrected chi connectivity index (χ4v) is 1.83. The quantitative estimate of drug-likeness (QED) is 0.517. The molecule has 1 aromatic heterocycles. The second kappa shape index (κ2) is 4.33. The predicted molar refractivity (Wildman–Crippen MR) is 64.5 cm³/mol. The summed E-state index contributed by atoms with van der Waals surface area (Å²) in [7, 11) is 0. The van der Waals surface area contributed by atoms with Crippen LogP contribution in [0, 0.1) is 5.92 Å². The van der Waals surface area contributed by atoms with Gasteiger partial charge in [-0.25, -0.2) is 0 Å². The number of amides is 2. The molecular weight excluding hydrogens is 234 g/mol. The van der Waals surface area contributed by atoms with Crippen molar-refractivity contribution in [2.75, 3.05) is 0 Å². The summed E-state index contributed by atoms with van der Waals surface area (Å²) >= 11 is 0. The van der Waals surface area contributed by atoms with Gasteiger partial charge in [-0.15, -0.1) is 0 Å². The first-order valence-corrected chi connectivity index (χ1v) is 5.21. The lowest BCUT2D eigenvalue weighted by Gasteiger charge is -2.07. The Balaban J connectivity index is 2.51. The van der Waals surface area contributed by atoms with Gasteiger partial charge < -0.3 is 16.5 Å². The zero-order valence-corrected chi connectivity index (χ0v) is 9.34. The summed E-state index contributed by atoms with van der Waals surface area (Å²) in [4.78, 5) is 37.2. The van der Waals surface area contributed by atoms with Crippen LogP contribution in [-0.2, 0) is 9.59 Å². The number of Topliss-reactive ketones (excluding diaryl/α,β-unsaturated/α-hetero) is 1. The summed E-state index contributed by atoms with van der Waals surface area (Å²) in [6.07, 6.45) is 1.44.